The van der Waals surface area contributed by atoms with Gasteiger partial charge in [0.2, 0.25) is 0 Å². The first-order valence-electron chi connectivity index (χ1n) is 8.16. The number of benzene rings is 2. The number of rotatable bonds is 4. The van der Waals surface area contributed by atoms with Crippen LogP contribution in [0.3, 0.4) is 0 Å². The summed E-state index contributed by atoms with van der Waals surface area (Å²) in [5, 5.41) is 2.48. The zero-order chi connectivity index (χ0) is 20.3. The molecule has 0 radical (unpaired) electrons. The van der Waals surface area contributed by atoms with Crippen molar-refractivity contribution >= 4 is 11.6 Å². The fraction of sp³-hybridized carbons (Fsp3) is 0.100. The normalized spacial score (nSPS) is 11.3. The molecule has 1 N–H and O–H groups in total. The van der Waals surface area contributed by atoms with E-state index in [0.29, 0.717) is 5.56 Å². The van der Waals surface area contributed by atoms with Crippen LogP contribution in [0, 0.1) is 5.82 Å². The molecule has 144 valence electrons. The van der Waals surface area contributed by atoms with Crippen molar-refractivity contribution in [3.8, 4) is 0 Å². The summed E-state index contributed by atoms with van der Waals surface area (Å²) < 4.78 is 52.0. The number of carbonyl (C=O) groups excluding carboxylic acids is 1. The summed E-state index contributed by atoms with van der Waals surface area (Å²) >= 11 is 0. The van der Waals surface area contributed by atoms with Crippen molar-refractivity contribution in [1.29, 1.82) is 0 Å². The van der Waals surface area contributed by atoms with Gasteiger partial charge in [0.25, 0.3) is 11.5 Å². The molecule has 0 saturated carbocycles. The van der Waals surface area contributed by atoms with E-state index in [9.17, 15) is 27.2 Å². The van der Waals surface area contributed by atoms with E-state index in [1.165, 1.54) is 47.2 Å². The number of hydrogen-bond donors (Lipinski definition) is 1. The molecule has 4 nitrogen and oxygen atoms in total. The van der Waals surface area contributed by atoms with Gasteiger partial charge in [-0.25, -0.2) is 4.39 Å². The summed E-state index contributed by atoms with van der Waals surface area (Å²) in [6, 6.07) is 12.1. The van der Waals surface area contributed by atoms with E-state index in [0.717, 1.165) is 24.3 Å². The number of hydrogen-bond acceptors (Lipinski definition) is 2. The van der Waals surface area contributed by atoms with Crippen LogP contribution in [0.2, 0.25) is 0 Å². The Hall–Kier alpha value is -3.42. The summed E-state index contributed by atoms with van der Waals surface area (Å²) in [7, 11) is 0. The molecule has 0 aliphatic carbocycles. The average Bonchev–Trinajstić information content (AvgIpc) is 2.65. The van der Waals surface area contributed by atoms with Crippen molar-refractivity contribution in [2.24, 2.45) is 0 Å². The molecular formula is C20H14F4N2O2. The largest absolute Gasteiger partial charge is 0.416 e. The first kappa shape index (κ1) is 19.3. The Morgan fingerprint density at radius 2 is 1.57 bits per heavy atom. The van der Waals surface area contributed by atoms with Crippen molar-refractivity contribution in [1.82, 2.24) is 4.57 Å². The number of carbonyl (C=O) groups is 1. The third-order valence-corrected chi connectivity index (χ3v) is 3.98. The van der Waals surface area contributed by atoms with Crippen LogP contribution in [0.5, 0.6) is 0 Å². The fourth-order valence-corrected chi connectivity index (χ4v) is 2.52. The maximum Gasteiger partial charge on any atom is 0.416 e. The molecule has 2 aromatic carbocycles. The Morgan fingerprint density at radius 3 is 2.18 bits per heavy atom. The Balaban J connectivity index is 1.77. The Labute approximate surface area is 157 Å². The van der Waals surface area contributed by atoms with Crippen LogP contribution in [0.1, 0.15) is 21.5 Å². The van der Waals surface area contributed by atoms with Gasteiger partial charge in [0, 0.05) is 18.0 Å². The molecule has 1 aromatic heterocycles. The maximum atomic E-state index is 13.0. The smallest absolute Gasteiger partial charge is 0.322 e. The Morgan fingerprint density at radius 1 is 0.929 bits per heavy atom. The number of anilines is 1. The lowest BCUT2D eigenvalue weighted by Crippen LogP contribution is -2.22. The highest BCUT2D eigenvalue weighted by atomic mass is 19.4. The van der Waals surface area contributed by atoms with E-state index >= 15 is 0 Å². The predicted molar refractivity (Wildman–Crippen MR) is 95.6 cm³/mol. The van der Waals surface area contributed by atoms with Gasteiger partial charge in [-0.05, 0) is 48.0 Å². The second-order valence-corrected chi connectivity index (χ2v) is 6.04. The summed E-state index contributed by atoms with van der Waals surface area (Å²) in [6.45, 7) is 0.139. The highest BCUT2D eigenvalue weighted by Gasteiger charge is 2.30. The summed E-state index contributed by atoms with van der Waals surface area (Å²) in [5.41, 5.74) is -0.159. The second-order valence-electron chi connectivity index (χ2n) is 6.04. The number of halogens is 4. The van der Waals surface area contributed by atoms with Gasteiger partial charge in [-0.1, -0.05) is 12.1 Å². The van der Waals surface area contributed by atoms with Crippen LogP contribution >= 0.6 is 0 Å². The van der Waals surface area contributed by atoms with Gasteiger partial charge in [0.05, 0.1) is 17.7 Å². The van der Waals surface area contributed by atoms with Crippen LogP contribution in [-0.4, -0.2) is 10.5 Å². The van der Waals surface area contributed by atoms with Crippen molar-refractivity contribution in [2.45, 2.75) is 12.7 Å². The molecule has 8 heteroatoms. The number of aromatic nitrogens is 1. The molecule has 1 heterocycles. The minimum Gasteiger partial charge on any atom is -0.322 e. The third kappa shape index (κ3) is 4.64. The lowest BCUT2D eigenvalue weighted by molar-refractivity contribution is -0.137. The number of pyridine rings is 1. The van der Waals surface area contributed by atoms with Crippen molar-refractivity contribution in [2.75, 3.05) is 5.32 Å². The molecule has 0 aliphatic heterocycles. The van der Waals surface area contributed by atoms with Gasteiger partial charge < -0.3 is 9.88 Å². The van der Waals surface area contributed by atoms with Gasteiger partial charge in [-0.15, -0.1) is 0 Å². The Kier molecular flexibility index (Phi) is 5.30. The van der Waals surface area contributed by atoms with Gasteiger partial charge in [-0.3, -0.25) is 9.59 Å². The summed E-state index contributed by atoms with van der Waals surface area (Å²) in [5.74, 6) is -0.978. The fourth-order valence-electron chi connectivity index (χ4n) is 2.52. The molecule has 0 aliphatic rings. The second kappa shape index (κ2) is 7.67. The first-order chi connectivity index (χ1) is 13.2. The molecule has 0 fully saturated rings. The number of nitrogens with zero attached hydrogens (tertiary/aromatic N) is 1. The molecule has 0 atom stereocenters. The van der Waals surface area contributed by atoms with E-state index in [-0.39, 0.29) is 23.4 Å². The highest BCUT2D eigenvalue weighted by molar-refractivity contribution is 6.04. The zero-order valence-corrected chi connectivity index (χ0v) is 14.3. The van der Waals surface area contributed by atoms with Crippen LogP contribution in [0.25, 0.3) is 0 Å². The number of amides is 1. The van der Waals surface area contributed by atoms with Crippen LogP contribution in [0.4, 0.5) is 23.2 Å². The minimum absolute atomic E-state index is 0.139. The van der Waals surface area contributed by atoms with Gasteiger partial charge >= 0.3 is 6.18 Å². The monoisotopic (exact) mass is 390 g/mol. The van der Waals surface area contributed by atoms with Crippen molar-refractivity contribution < 1.29 is 22.4 Å². The van der Waals surface area contributed by atoms with E-state index in [4.69, 9.17) is 0 Å². The van der Waals surface area contributed by atoms with Crippen molar-refractivity contribution in [3.05, 3.63) is 99.7 Å². The lowest BCUT2D eigenvalue weighted by atomic mass is 10.2. The first-order valence-corrected chi connectivity index (χ1v) is 8.16. The molecule has 0 spiro atoms. The van der Waals surface area contributed by atoms with E-state index in [1.54, 1.807) is 0 Å². The quantitative estimate of drug-likeness (QED) is 0.675. The van der Waals surface area contributed by atoms with Crippen LogP contribution < -0.4 is 10.9 Å². The molecule has 3 aromatic rings. The van der Waals surface area contributed by atoms with Gasteiger partial charge in [-0.2, -0.15) is 13.2 Å². The van der Waals surface area contributed by atoms with E-state index in [2.05, 4.69) is 5.32 Å². The number of nitrogens with one attached hydrogen (secondary N) is 1. The van der Waals surface area contributed by atoms with Gasteiger partial charge in [0.15, 0.2) is 0 Å². The number of alkyl halides is 3. The van der Waals surface area contributed by atoms with Crippen LogP contribution in [0.15, 0.2) is 71.7 Å². The predicted octanol–water partition coefficient (Wildman–Crippen LogP) is 4.31. The molecule has 3 rings (SSSR count). The lowest BCUT2D eigenvalue weighted by Gasteiger charge is -2.10. The van der Waals surface area contributed by atoms with E-state index < -0.39 is 23.5 Å². The highest BCUT2D eigenvalue weighted by Crippen LogP contribution is 2.29. The van der Waals surface area contributed by atoms with Crippen molar-refractivity contribution in [3.63, 3.8) is 0 Å². The van der Waals surface area contributed by atoms with Gasteiger partial charge in [0.1, 0.15) is 5.82 Å². The van der Waals surface area contributed by atoms with Crippen LogP contribution in [-0.2, 0) is 12.7 Å². The van der Waals surface area contributed by atoms with E-state index in [1.807, 2.05) is 0 Å². The average molecular weight is 390 g/mol. The Bertz CT molecular complexity index is 1040. The molecule has 1 amide bonds. The topological polar surface area (TPSA) is 51.1 Å². The summed E-state index contributed by atoms with van der Waals surface area (Å²) in [6.07, 6.45) is -3.12. The molecular weight excluding hydrogens is 376 g/mol. The zero-order valence-electron chi connectivity index (χ0n) is 14.3. The standard InChI is InChI=1S/C20H14F4N2O2/c21-16-6-1-13(2-7-16)11-26-12-14(3-10-18(26)27)19(28)25-17-8-4-15(5-9-17)20(22,23)24/h1-10,12H,11H2,(H,25,28). The molecule has 0 bridgehead atoms. The SMILES string of the molecule is O=C(Nc1ccc(C(F)(F)F)cc1)c1ccc(=O)n(Cc2ccc(F)cc2)c1. The third-order valence-electron chi connectivity index (χ3n) is 3.98. The molecule has 0 saturated heterocycles. The summed E-state index contributed by atoms with van der Waals surface area (Å²) in [4.78, 5) is 24.4. The minimum atomic E-state index is -4.46. The molecule has 0 unspecified atom stereocenters. The molecule has 28 heavy (non-hydrogen) atoms. The maximum absolute atomic E-state index is 13.0.